The Morgan fingerprint density at radius 2 is 1.47 bits per heavy atom. The second kappa shape index (κ2) is 6.64. The quantitative estimate of drug-likeness (QED) is 0.938. The van der Waals surface area contributed by atoms with Crippen molar-refractivity contribution in [3.05, 3.63) is 46.8 Å². The molecule has 19 heavy (non-hydrogen) atoms. The van der Waals surface area contributed by atoms with Crippen LogP contribution in [0.15, 0.2) is 24.3 Å². The molecule has 0 aliphatic rings. The predicted molar refractivity (Wildman–Crippen MR) is 81.7 cm³/mol. The zero-order valence-electron chi connectivity index (χ0n) is 11.6. The molecule has 2 aromatic rings. The van der Waals surface area contributed by atoms with Crippen molar-refractivity contribution in [3.8, 4) is 11.4 Å². The Balaban J connectivity index is 0.00000180. The van der Waals surface area contributed by atoms with E-state index in [1.54, 1.807) is 0 Å². The van der Waals surface area contributed by atoms with Crippen LogP contribution in [0.5, 0.6) is 0 Å². The maximum atomic E-state index is 5.54. The van der Waals surface area contributed by atoms with Crippen molar-refractivity contribution >= 4 is 12.4 Å². The van der Waals surface area contributed by atoms with E-state index in [1.165, 1.54) is 11.1 Å². The van der Waals surface area contributed by atoms with Gasteiger partial charge in [0, 0.05) is 17.0 Å². The van der Waals surface area contributed by atoms with Crippen LogP contribution >= 0.6 is 12.4 Å². The monoisotopic (exact) mass is 277 g/mol. The molecule has 102 valence electrons. The molecule has 0 unspecified atom stereocenters. The number of benzene rings is 1. The van der Waals surface area contributed by atoms with E-state index in [-0.39, 0.29) is 12.4 Å². The van der Waals surface area contributed by atoms with Gasteiger partial charge in [-0.3, -0.25) is 0 Å². The van der Waals surface area contributed by atoms with Crippen LogP contribution in [-0.4, -0.2) is 16.5 Å². The minimum absolute atomic E-state index is 0. The van der Waals surface area contributed by atoms with E-state index in [1.807, 2.05) is 13.8 Å². The van der Waals surface area contributed by atoms with Crippen LogP contribution in [0.25, 0.3) is 11.4 Å². The lowest BCUT2D eigenvalue weighted by Crippen LogP contribution is -2.02. The molecule has 2 N–H and O–H groups in total. The Bertz CT molecular complexity index is 527. The zero-order valence-corrected chi connectivity index (χ0v) is 12.4. The van der Waals surface area contributed by atoms with E-state index in [0.29, 0.717) is 6.54 Å². The van der Waals surface area contributed by atoms with Gasteiger partial charge in [0.05, 0.1) is 0 Å². The van der Waals surface area contributed by atoms with Gasteiger partial charge in [-0.15, -0.1) is 12.4 Å². The summed E-state index contributed by atoms with van der Waals surface area (Å²) < 4.78 is 0. The van der Waals surface area contributed by atoms with Gasteiger partial charge in [0.25, 0.3) is 0 Å². The number of nitrogens with two attached hydrogens (primary N) is 1. The fourth-order valence-corrected chi connectivity index (χ4v) is 1.89. The first kappa shape index (κ1) is 15.6. The summed E-state index contributed by atoms with van der Waals surface area (Å²) in [7, 11) is 0. The van der Waals surface area contributed by atoms with Crippen LogP contribution in [0, 0.1) is 20.8 Å². The minimum Gasteiger partial charge on any atom is -0.330 e. The largest absolute Gasteiger partial charge is 0.330 e. The molecule has 1 aromatic carbocycles. The van der Waals surface area contributed by atoms with Crippen molar-refractivity contribution in [1.29, 1.82) is 0 Å². The Morgan fingerprint density at radius 1 is 0.947 bits per heavy atom. The van der Waals surface area contributed by atoms with E-state index < -0.39 is 0 Å². The van der Waals surface area contributed by atoms with Gasteiger partial charge < -0.3 is 5.73 Å². The van der Waals surface area contributed by atoms with Gasteiger partial charge in [-0.25, -0.2) is 9.97 Å². The fraction of sp³-hybridized carbons (Fsp3) is 0.333. The molecule has 1 heterocycles. The molecule has 1 aromatic heterocycles. The molecule has 0 aliphatic carbocycles. The highest BCUT2D eigenvalue weighted by Gasteiger charge is 2.06. The van der Waals surface area contributed by atoms with E-state index in [9.17, 15) is 0 Å². The highest BCUT2D eigenvalue weighted by Crippen LogP contribution is 2.19. The first-order valence-electron chi connectivity index (χ1n) is 6.23. The average Bonchev–Trinajstić information content (AvgIpc) is 2.37. The average molecular weight is 278 g/mol. The lowest BCUT2D eigenvalue weighted by Gasteiger charge is -2.07. The van der Waals surface area contributed by atoms with Gasteiger partial charge in [0.15, 0.2) is 5.82 Å². The Morgan fingerprint density at radius 3 is 1.95 bits per heavy atom. The number of rotatable bonds is 3. The summed E-state index contributed by atoms with van der Waals surface area (Å²) in [4.78, 5) is 9.09. The summed E-state index contributed by atoms with van der Waals surface area (Å²) in [6, 6.07) is 8.31. The lowest BCUT2D eigenvalue weighted by atomic mass is 10.1. The van der Waals surface area contributed by atoms with E-state index >= 15 is 0 Å². The van der Waals surface area contributed by atoms with Gasteiger partial charge in [-0.05, 0) is 44.9 Å². The SMILES string of the molecule is Cc1nc(-c2ccc(CCN)cc2)nc(C)c1C.Cl. The van der Waals surface area contributed by atoms with Crippen LogP contribution in [0.2, 0.25) is 0 Å². The molecule has 0 saturated carbocycles. The third kappa shape index (κ3) is 3.52. The minimum atomic E-state index is 0. The molecule has 4 heteroatoms. The molecular formula is C15H20ClN3. The van der Waals surface area contributed by atoms with Crippen molar-refractivity contribution in [2.24, 2.45) is 5.73 Å². The molecule has 3 nitrogen and oxygen atoms in total. The van der Waals surface area contributed by atoms with Crippen molar-refractivity contribution in [3.63, 3.8) is 0 Å². The van der Waals surface area contributed by atoms with Crippen LogP contribution in [0.4, 0.5) is 0 Å². The van der Waals surface area contributed by atoms with E-state index in [0.717, 1.165) is 29.2 Å². The molecule has 0 aliphatic heterocycles. The third-order valence-corrected chi connectivity index (χ3v) is 3.28. The van der Waals surface area contributed by atoms with Gasteiger partial charge in [0.1, 0.15) is 0 Å². The van der Waals surface area contributed by atoms with Gasteiger partial charge >= 0.3 is 0 Å². The fourth-order valence-electron chi connectivity index (χ4n) is 1.89. The Kier molecular flexibility index (Phi) is 5.45. The molecule has 0 fully saturated rings. The summed E-state index contributed by atoms with van der Waals surface area (Å²) in [5, 5.41) is 0. The van der Waals surface area contributed by atoms with Crippen LogP contribution in [-0.2, 0) is 6.42 Å². The standard InChI is InChI=1S/C15H19N3.ClH/c1-10-11(2)17-15(18-12(10)3)14-6-4-13(5-7-14)8-9-16;/h4-7H,8-9,16H2,1-3H3;1H. The summed E-state index contributed by atoms with van der Waals surface area (Å²) in [6.07, 6.45) is 0.910. The highest BCUT2D eigenvalue weighted by molar-refractivity contribution is 5.85. The van der Waals surface area contributed by atoms with Crippen molar-refractivity contribution in [2.45, 2.75) is 27.2 Å². The lowest BCUT2D eigenvalue weighted by molar-refractivity contribution is 0.968. The summed E-state index contributed by atoms with van der Waals surface area (Å²) in [5.74, 6) is 0.801. The molecule has 0 amide bonds. The number of aromatic nitrogens is 2. The molecule has 0 bridgehead atoms. The van der Waals surface area contributed by atoms with Gasteiger partial charge in [0.2, 0.25) is 0 Å². The van der Waals surface area contributed by atoms with Gasteiger partial charge in [-0.1, -0.05) is 24.3 Å². The van der Waals surface area contributed by atoms with Crippen molar-refractivity contribution in [2.75, 3.05) is 6.54 Å². The molecular weight excluding hydrogens is 258 g/mol. The maximum absolute atomic E-state index is 5.54. The van der Waals surface area contributed by atoms with Gasteiger partial charge in [-0.2, -0.15) is 0 Å². The normalized spacial score (nSPS) is 10.1. The number of aryl methyl sites for hydroxylation is 2. The van der Waals surface area contributed by atoms with Crippen LogP contribution < -0.4 is 5.73 Å². The summed E-state index contributed by atoms with van der Waals surface area (Å²) in [6.45, 7) is 6.78. The first-order valence-corrected chi connectivity index (χ1v) is 6.23. The zero-order chi connectivity index (χ0) is 13.1. The van der Waals surface area contributed by atoms with E-state index in [2.05, 4.69) is 41.2 Å². The maximum Gasteiger partial charge on any atom is 0.159 e. The number of hydrogen-bond donors (Lipinski definition) is 1. The smallest absolute Gasteiger partial charge is 0.159 e. The molecule has 0 atom stereocenters. The molecule has 2 rings (SSSR count). The topological polar surface area (TPSA) is 51.8 Å². The number of nitrogens with zero attached hydrogens (tertiary/aromatic N) is 2. The molecule has 0 saturated heterocycles. The summed E-state index contributed by atoms with van der Waals surface area (Å²) >= 11 is 0. The predicted octanol–water partition coefficient (Wildman–Crippen LogP) is 2.99. The number of halogens is 1. The Hall–Kier alpha value is -1.45. The highest BCUT2D eigenvalue weighted by atomic mass is 35.5. The second-order valence-corrected chi connectivity index (χ2v) is 4.58. The van der Waals surface area contributed by atoms with Crippen LogP contribution in [0.1, 0.15) is 22.5 Å². The van der Waals surface area contributed by atoms with Crippen molar-refractivity contribution in [1.82, 2.24) is 9.97 Å². The number of hydrogen-bond acceptors (Lipinski definition) is 3. The third-order valence-electron chi connectivity index (χ3n) is 3.28. The Labute approximate surface area is 120 Å². The summed E-state index contributed by atoms with van der Waals surface area (Å²) in [5.41, 5.74) is 11.1. The van der Waals surface area contributed by atoms with Crippen LogP contribution in [0.3, 0.4) is 0 Å². The van der Waals surface area contributed by atoms with Crippen molar-refractivity contribution < 1.29 is 0 Å². The first-order chi connectivity index (χ1) is 8.61. The molecule has 0 radical (unpaired) electrons. The van der Waals surface area contributed by atoms with E-state index in [4.69, 9.17) is 5.73 Å². The second-order valence-electron chi connectivity index (χ2n) is 4.58. The molecule has 0 spiro atoms.